The van der Waals surface area contributed by atoms with Crippen LogP contribution in [0.3, 0.4) is 0 Å². The van der Waals surface area contributed by atoms with E-state index in [2.05, 4.69) is 185 Å². The first-order valence-corrected chi connectivity index (χ1v) is 26.4. The first-order chi connectivity index (χ1) is 38.7. The molecule has 36 nitrogen and oxygen atoms in total. The van der Waals surface area contributed by atoms with Crippen molar-refractivity contribution in [1.82, 2.24) is 95.0 Å². The van der Waals surface area contributed by atoms with Crippen molar-refractivity contribution >= 4 is 101 Å². The molecule has 6 rings (SSSR count). The standard InChI is InChI=1S/C43H76N36/c1-9-47-29-63-26(62-27(44-7)64-29)25-46-15-16-53-36-68-31(49-11-3)69-37(76-36)56-19-20-57-40-72-33(51-13-5)73-41(78-40)60-23-24-61-43-75-34(52-14-6)74-42(79-43)59-22-21-58-39-71-32(50-12-4)70-38(77-39)55-18-17-54-35-66-28(45-8)65-30(67-35)48-10-2/h46H,9-25H2,1-8H3,(H2,44,47,62,63,64)(H3,45,48,54,65,66,67)(H3,49,53,56,68,69,76)(H3,50,55,58,70,71,77)(H3,51,57,60,72,73,78)(H3,52,59,61,74,75,79). The summed E-state index contributed by atoms with van der Waals surface area (Å²) < 4.78 is 0. The predicted octanol–water partition coefficient (Wildman–Crippen LogP) is 0.768. The van der Waals surface area contributed by atoms with Gasteiger partial charge in [-0.05, 0) is 41.5 Å². The average molecular weight is 1100 g/mol. The van der Waals surface area contributed by atoms with E-state index in [1.54, 1.807) is 14.1 Å². The molecule has 18 N–H and O–H groups in total. The van der Waals surface area contributed by atoms with Crippen molar-refractivity contribution in [3.63, 3.8) is 0 Å². The van der Waals surface area contributed by atoms with Gasteiger partial charge in [0.1, 0.15) is 5.82 Å². The molecule has 6 heterocycles. The van der Waals surface area contributed by atoms with Crippen molar-refractivity contribution in [2.24, 2.45) is 0 Å². The minimum atomic E-state index is 0.377. The Morgan fingerprint density at radius 1 is 0.203 bits per heavy atom. The molecular formula is C43H76N36. The number of rotatable bonds is 40. The fraction of sp³-hybridized carbons (Fsp3) is 0.581. The van der Waals surface area contributed by atoms with Crippen LogP contribution >= 0.6 is 0 Å². The van der Waals surface area contributed by atoms with Gasteiger partial charge in [0.15, 0.2) is 0 Å². The SMILES string of the molecule is CCNc1nc(CNCCNc2nc(NCC)nc(NCCNc3nc(NCC)nc(NCCNc4nc(NCC)nc(NCCNc5nc(NCC)nc(NCCNc6nc(NC)nc(NCC)n6)n5)n4)n3)n2)nc(NC)n1. The third-order valence-electron chi connectivity index (χ3n) is 9.95. The highest BCUT2D eigenvalue weighted by molar-refractivity contribution is 5.47. The molecule has 0 amide bonds. The van der Waals surface area contributed by atoms with Gasteiger partial charge in [0.05, 0.1) is 6.54 Å². The summed E-state index contributed by atoms with van der Waals surface area (Å²) in [5, 5.41) is 57.4. The van der Waals surface area contributed by atoms with Crippen molar-refractivity contribution in [3.8, 4) is 0 Å². The summed E-state index contributed by atoms with van der Waals surface area (Å²) in [5.74, 6) is 7.85. The maximum atomic E-state index is 4.60. The fourth-order valence-electron chi connectivity index (χ4n) is 6.59. The Hall–Kier alpha value is -9.38. The molecule has 0 fully saturated rings. The van der Waals surface area contributed by atoms with E-state index in [9.17, 15) is 0 Å². The van der Waals surface area contributed by atoms with Gasteiger partial charge < -0.3 is 95.7 Å². The van der Waals surface area contributed by atoms with Gasteiger partial charge in [0.2, 0.25) is 101 Å². The summed E-state index contributed by atoms with van der Waals surface area (Å²) in [6, 6.07) is 0. The Balaban J connectivity index is 0.943. The number of nitrogens with zero attached hydrogens (tertiary/aromatic N) is 18. The lowest BCUT2D eigenvalue weighted by molar-refractivity contribution is 0.671. The molecule has 0 atom stereocenters. The van der Waals surface area contributed by atoms with Gasteiger partial charge in [-0.15, -0.1) is 0 Å². The smallest absolute Gasteiger partial charge is 0.229 e. The van der Waals surface area contributed by atoms with E-state index < -0.39 is 0 Å². The molecule has 6 aromatic heterocycles. The number of aromatic nitrogens is 18. The molecule has 36 heteroatoms. The van der Waals surface area contributed by atoms with Gasteiger partial charge in [-0.3, -0.25) is 0 Å². The lowest BCUT2D eigenvalue weighted by atomic mass is 10.5. The predicted molar refractivity (Wildman–Crippen MR) is 311 cm³/mol. The molecule has 0 bridgehead atoms. The fourth-order valence-corrected chi connectivity index (χ4v) is 6.59. The molecule has 6 aromatic rings. The van der Waals surface area contributed by atoms with Crippen LogP contribution in [0, 0.1) is 0 Å². The third-order valence-corrected chi connectivity index (χ3v) is 9.95. The maximum absolute atomic E-state index is 4.60. The summed E-state index contributed by atoms with van der Waals surface area (Å²) in [6.07, 6.45) is 0. The van der Waals surface area contributed by atoms with Gasteiger partial charge in [-0.25, -0.2) is 0 Å². The zero-order valence-electron chi connectivity index (χ0n) is 46.1. The van der Waals surface area contributed by atoms with Gasteiger partial charge in [0, 0.05) is 119 Å². The van der Waals surface area contributed by atoms with Crippen LogP contribution < -0.4 is 95.7 Å². The summed E-state index contributed by atoms with van der Waals surface area (Å²) in [6.45, 7) is 20.9. The van der Waals surface area contributed by atoms with Crippen LogP contribution in [0.1, 0.15) is 47.4 Å². The van der Waals surface area contributed by atoms with Crippen LogP contribution in [0.25, 0.3) is 0 Å². The van der Waals surface area contributed by atoms with Crippen molar-refractivity contribution in [1.29, 1.82) is 0 Å². The van der Waals surface area contributed by atoms with E-state index in [1.165, 1.54) is 0 Å². The summed E-state index contributed by atoms with van der Waals surface area (Å²) >= 11 is 0. The second-order valence-electron chi connectivity index (χ2n) is 16.1. The lowest BCUT2D eigenvalue weighted by Crippen LogP contribution is -2.24. The number of anilines is 17. The van der Waals surface area contributed by atoms with Crippen LogP contribution in [0.4, 0.5) is 101 Å². The Labute approximate surface area is 458 Å². The van der Waals surface area contributed by atoms with Crippen molar-refractivity contribution < 1.29 is 0 Å². The molecule has 428 valence electrons. The minimum Gasteiger partial charge on any atom is -0.357 e. The molecule has 0 aliphatic carbocycles. The summed E-state index contributed by atoms with van der Waals surface area (Å²) in [7, 11) is 3.52. The highest BCUT2D eigenvalue weighted by Crippen LogP contribution is 2.15. The molecular weight excluding hydrogens is 1020 g/mol. The van der Waals surface area contributed by atoms with E-state index >= 15 is 0 Å². The highest BCUT2D eigenvalue weighted by Gasteiger charge is 2.13. The first-order valence-electron chi connectivity index (χ1n) is 26.4. The maximum Gasteiger partial charge on any atom is 0.229 e. The highest BCUT2D eigenvalue weighted by atomic mass is 15.3. The molecule has 0 saturated heterocycles. The topological polar surface area (TPSA) is 449 Å². The summed E-state index contributed by atoms with van der Waals surface area (Å²) in [4.78, 5) is 80.7. The lowest BCUT2D eigenvalue weighted by Gasteiger charge is -2.13. The average Bonchev–Trinajstić information content (AvgIpc) is 3.44. The van der Waals surface area contributed by atoms with Crippen molar-refractivity contribution in [2.75, 3.05) is 209 Å². The number of nitrogens with one attached hydrogen (secondary N) is 18. The Bertz CT molecular complexity index is 2730. The van der Waals surface area contributed by atoms with E-state index in [4.69, 9.17) is 0 Å². The van der Waals surface area contributed by atoms with Crippen LogP contribution in [0.15, 0.2) is 0 Å². The van der Waals surface area contributed by atoms with E-state index in [0.29, 0.717) is 218 Å². The second-order valence-corrected chi connectivity index (χ2v) is 16.1. The third kappa shape index (κ3) is 20.9. The Morgan fingerprint density at radius 2 is 0.367 bits per heavy atom. The van der Waals surface area contributed by atoms with Gasteiger partial charge in [-0.2, -0.15) is 89.7 Å². The Kier molecular flexibility index (Phi) is 24.5. The van der Waals surface area contributed by atoms with E-state index in [-0.39, 0.29) is 0 Å². The molecule has 0 aromatic carbocycles. The van der Waals surface area contributed by atoms with Gasteiger partial charge in [-0.1, -0.05) is 0 Å². The van der Waals surface area contributed by atoms with Crippen LogP contribution in [0.5, 0.6) is 0 Å². The van der Waals surface area contributed by atoms with Gasteiger partial charge in [0.25, 0.3) is 0 Å². The quantitative estimate of drug-likeness (QED) is 0.0236. The monoisotopic (exact) mass is 1100 g/mol. The molecule has 0 radical (unpaired) electrons. The molecule has 0 aliphatic heterocycles. The van der Waals surface area contributed by atoms with Crippen molar-refractivity contribution in [2.45, 2.75) is 48.1 Å². The van der Waals surface area contributed by atoms with E-state index in [1.807, 2.05) is 41.5 Å². The molecule has 0 saturated carbocycles. The minimum absolute atomic E-state index is 0.377. The van der Waals surface area contributed by atoms with Gasteiger partial charge >= 0.3 is 0 Å². The summed E-state index contributed by atoms with van der Waals surface area (Å²) in [5.41, 5.74) is 0. The molecule has 0 spiro atoms. The second kappa shape index (κ2) is 32.9. The molecule has 0 unspecified atom stereocenters. The molecule has 0 aliphatic rings. The number of hydrogen-bond acceptors (Lipinski definition) is 36. The Morgan fingerprint density at radius 3 is 0.582 bits per heavy atom. The zero-order chi connectivity index (χ0) is 55.9. The van der Waals surface area contributed by atoms with Crippen LogP contribution in [0.2, 0.25) is 0 Å². The zero-order valence-corrected chi connectivity index (χ0v) is 46.1. The van der Waals surface area contributed by atoms with Crippen molar-refractivity contribution in [3.05, 3.63) is 5.82 Å². The first kappa shape index (κ1) is 58.9. The molecule has 79 heavy (non-hydrogen) atoms. The normalized spacial score (nSPS) is 10.7. The van der Waals surface area contributed by atoms with E-state index in [0.717, 1.165) is 0 Å². The number of hydrogen-bond donors (Lipinski definition) is 18. The largest absolute Gasteiger partial charge is 0.357 e. The van der Waals surface area contributed by atoms with Crippen LogP contribution in [-0.2, 0) is 6.54 Å². The van der Waals surface area contributed by atoms with Crippen LogP contribution in [-0.4, -0.2) is 209 Å².